The molecule has 1 fully saturated rings. The minimum atomic E-state index is -0.127. The number of piperazine rings is 1. The number of hydrogen-bond donors (Lipinski definition) is 1. The Labute approximate surface area is 133 Å². The maximum Gasteiger partial charge on any atom is 0.252 e. The largest absolute Gasteiger partial charge is 0.350 e. The van der Waals surface area contributed by atoms with Gasteiger partial charge in [-0.2, -0.15) is 0 Å². The highest BCUT2D eigenvalue weighted by molar-refractivity contribution is 9.10. The molecule has 0 radical (unpaired) electrons. The number of carbonyl (C=O) groups excluding carboxylic acids is 1. The highest BCUT2D eigenvalue weighted by atomic mass is 79.9. The van der Waals surface area contributed by atoms with E-state index < -0.39 is 0 Å². The smallest absolute Gasteiger partial charge is 0.252 e. The van der Waals surface area contributed by atoms with Crippen LogP contribution in [0.4, 0.5) is 0 Å². The van der Waals surface area contributed by atoms with Gasteiger partial charge >= 0.3 is 0 Å². The molecule has 4 nitrogen and oxygen atoms in total. The molecule has 6 heteroatoms. The average Bonchev–Trinajstić information content (AvgIpc) is 2.42. The predicted octanol–water partition coefficient (Wildman–Crippen LogP) is 2.08. The summed E-state index contributed by atoms with van der Waals surface area (Å²) in [4.78, 5) is 16.8. The number of halogens is 2. The van der Waals surface area contributed by atoms with E-state index in [0.717, 1.165) is 24.1 Å². The van der Waals surface area contributed by atoms with Gasteiger partial charge in [0.05, 0.1) is 10.6 Å². The van der Waals surface area contributed by atoms with Crippen molar-refractivity contribution in [2.24, 2.45) is 0 Å². The summed E-state index contributed by atoms with van der Waals surface area (Å²) < 4.78 is 0.737. The molecule has 20 heavy (non-hydrogen) atoms. The Hall–Kier alpha value is -0.620. The zero-order chi connectivity index (χ0) is 14.7. The first-order valence-corrected chi connectivity index (χ1v) is 7.77. The van der Waals surface area contributed by atoms with Crippen LogP contribution in [0.3, 0.4) is 0 Å². The van der Waals surface area contributed by atoms with Gasteiger partial charge in [0.25, 0.3) is 5.91 Å². The van der Waals surface area contributed by atoms with Crippen LogP contribution in [0, 0.1) is 0 Å². The maximum absolute atomic E-state index is 12.2. The van der Waals surface area contributed by atoms with Gasteiger partial charge in [0.2, 0.25) is 0 Å². The lowest BCUT2D eigenvalue weighted by molar-refractivity contribution is 0.0881. The molecule has 0 spiro atoms. The van der Waals surface area contributed by atoms with Gasteiger partial charge < -0.3 is 10.2 Å². The number of nitrogens with one attached hydrogen (secondary N) is 1. The molecule has 0 saturated carbocycles. The quantitative estimate of drug-likeness (QED) is 0.896. The van der Waals surface area contributed by atoms with Crippen LogP contribution in [0.2, 0.25) is 5.02 Å². The van der Waals surface area contributed by atoms with E-state index in [1.165, 1.54) is 0 Å². The lowest BCUT2D eigenvalue weighted by Gasteiger charge is -2.37. The number of likely N-dealkylation sites (N-methyl/N-ethyl adjacent to an activating group) is 2. The highest BCUT2D eigenvalue weighted by Crippen LogP contribution is 2.25. The molecule has 0 bridgehead atoms. The second-order valence-corrected chi connectivity index (χ2v) is 6.44. The fourth-order valence-corrected chi connectivity index (χ4v) is 2.88. The molecule has 110 valence electrons. The molecule has 1 aromatic carbocycles. The maximum atomic E-state index is 12.2. The molecule has 1 aliphatic heterocycles. The van der Waals surface area contributed by atoms with E-state index in [0.29, 0.717) is 23.2 Å². The van der Waals surface area contributed by atoms with Crippen molar-refractivity contribution in [3.8, 4) is 0 Å². The number of nitrogens with zero attached hydrogens (tertiary/aromatic N) is 2. The fourth-order valence-electron chi connectivity index (χ4n) is 2.31. The Balaban J connectivity index is 1.96. The Morgan fingerprint density at radius 2 is 2.20 bits per heavy atom. The van der Waals surface area contributed by atoms with Crippen LogP contribution in [0.5, 0.6) is 0 Å². The zero-order valence-electron chi connectivity index (χ0n) is 11.7. The molecule has 0 aliphatic carbocycles. The number of rotatable bonds is 3. The minimum absolute atomic E-state index is 0.127. The van der Waals surface area contributed by atoms with Crippen molar-refractivity contribution in [1.82, 2.24) is 15.1 Å². The first-order chi connectivity index (χ1) is 9.49. The first-order valence-electron chi connectivity index (χ1n) is 6.60. The summed E-state index contributed by atoms with van der Waals surface area (Å²) in [6.07, 6.45) is 0. The molecular weight excluding hydrogens is 342 g/mol. The Morgan fingerprint density at radius 1 is 1.45 bits per heavy atom. The molecule has 1 saturated heterocycles. The van der Waals surface area contributed by atoms with Gasteiger partial charge in [-0.1, -0.05) is 17.7 Å². The van der Waals surface area contributed by atoms with Crippen LogP contribution < -0.4 is 5.32 Å². The highest BCUT2D eigenvalue weighted by Gasteiger charge is 2.23. The molecule has 1 aromatic rings. The molecule has 1 atom stereocenters. The van der Waals surface area contributed by atoms with Gasteiger partial charge in [-0.15, -0.1) is 0 Å². The number of hydrogen-bond acceptors (Lipinski definition) is 3. The van der Waals surface area contributed by atoms with E-state index in [1.54, 1.807) is 6.07 Å². The molecule has 2 rings (SSSR count). The number of benzene rings is 1. The summed E-state index contributed by atoms with van der Waals surface area (Å²) >= 11 is 9.47. The number of carbonyl (C=O) groups is 1. The monoisotopic (exact) mass is 359 g/mol. The molecule has 0 aromatic heterocycles. The van der Waals surface area contributed by atoms with E-state index >= 15 is 0 Å². The van der Waals surface area contributed by atoms with Crippen LogP contribution in [0.1, 0.15) is 10.4 Å². The average molecular weight is 361 g/mol. The Bertz CT molecular complexity index is 497. The predicted molar refractivity (Wildman–Crippen MR) is 85.4 cm³/mol. The van der Waals surface area contributed by atoms with Gasteiger partial charge in [0.1, 0.15) is 0 Å². The topological polar surface area (TPSA) is 35.6 Å². The lowest BCUT2D eigenvalue weighted by Crippen LogP contribution is -2.54. The summed E-state index contributed by atoms with van der Waals surface area (Å²) in [5.41, 5.74) is 0.507. The SMILES string of the molecule is CN1CCN(C)C(CNC(=O)c2cccc(Br)c2Cl)C1. The molecule has 1 N–H and O–H groups in total. The third kappa shape index (κ3) is 3.73. The van der Waals surface area contributed by atoms with Gasteiger partial charge in [-0.25, -0.2) is 0 Å². The summed E-state index contributed by atoms with van der Waals surface area (Å²) in [6, 6.07) is 5.71. The summed E-state index contributed by atoms with van der Waals surface area (Å²) in [6.45, 7) is 3.68. The Morgan fingerprint density at radius 3 is 2.95 bits per heavy atom. The lowest BCUT2D eigenvalue weighted by atomic mass is 10.1. The van der Waals surface area contributed by atoms with Crippen molar-refractivity contribution in [2.75, 3.05) is 40.3 Å². The van der Waals surface area contributed by atoms with Crippen molar-refractivity contribution < 1.29 is 4.79 Å². The van der Waals surface area contributed by atoms with Gasteiger partial charge in [-0.3, -0.25) is 9.69 Å². The summed E-state index contributed by atoms with van der Waals surface area (Å²) in [5.74, 6) is -0.127. The summed E-state index contributed by atoms with van der Waals surface area (Å²) in [7, 11) is 4.20. The van der Waals surface area contributed by atoms with Crippen LogP contribution in [-0.4, -0.2) is 62.0 Å². The van der Waals surface area contributed by atoms with Crippen LogP contribution in [-0.2, 0) is 0 Å². The van der Waals surface area contributed by atoms with Gasteiger partial charge in [0.15, 0.2) is 0 Å². The van der Waals surface area contributed by atoms with Gasteiger partial charge in [-0.05, 0) is 42.2 Å². The molecule has 1 unspecified atom stereocenters. The van der Waals surface area contributed by atoms with Crippen molar-refractivity contribution in [2.45, 2.75) is 6.04 Å². The van der Waals surface area contributed by atoms with E-state index in [4.69, 9.17) is 11.6 Å². The molecule has 1 amide bonds. The molecular formula is C14H19BrClN3O. The Kier molecular flexibility index (Phi) is 5.43. The van der Waals surface area contributed by atoms with Crippen molar-refractivity contribution in [3.63, 3.8) is 0 Å². The third-order valence-corrected chi connectivity index (χ3v) is 4.97. The molecule has 1 heterocycles. The van der Waals surface area contributed by atoms with Gasteiger partial charge in [0, 0.05) is 36.7 Å². The normalized spacial score (nSPS) is 20.9. The van der Waals surface area contributed by atoms with Crippen LogP contribution in [0.15, 0.2) is 22.7 Å². The van der Waals surface area contributed by atoms with Crippen molar-refractivity contribution in [3.05, 3.63) is 33.3 Å². The van der Waals surface area contributed by atoms with Crippen molar-refractivity contribution >= 4 is 33.4 Å². The molecule has 1 aliphatic rings. The standard InChI is InChI=1S/C14H19BrClN3O/c1-18-6-7-19(2)10(9-18)8-17-14(20)11-4-3-5-12(15)13(11)16/h3-5,10H,6-9H2,1-2H3,(H,17,20). The fraction of sp³-hybridized carbons (Fsp3) is 0.500. The van der Waals surface area contributed by atoms with E-state index in [1.807, 2.05) is 12.1 Å². The number of amides is 1. The van der Waals surface area contributed by atoms with Crippen molar-refractivity contribution in [1.29, 1.82) is 0 Å². The van der Waals surface area contributed by atoms with E-state index in [2.05, 4.69) is 45.1 Å². The zero-order valence-corrected chi connectivity index (χ0v) is 14.0. The third-order valence-electron chi connectivity index (χ3n) is 3.67. The minimum Gasteiger partial charge on any atom is -0.350 e. The van der Waals surface area contributed by atoms with E-state index in [9.17, 15) is 4.79 Å². The first kappa shape index (κ1) is 15.8. The summed E-state index contributed by atoms with van der Waals surface area (Å²) in [5, 5.41) is 3.43. The second kappa shape index (κ2) is 6.89. The van der Waals surface area contributed by atoms with E-state index in [-0.39, 0.29) is 5.91 Å². The van der Waals surface area contributed by atoms with Crippen LogP contribution in [0.25, 0.3) is 0 Å². The second-order valence-electron chi connectivity index (χ2n) is 5.21. The van der Waals surface area contributed by atoms with Crippen LogP contribution >= 0.6 is 27.5 Å².